The minimum atomic E-state index is -0.334. The molecule has 42 heavy (non-hydrogen) atoms. The molecule has 0 radical (unpaired) electrons. The lowest BCUT2D eigenvalue weighted by Crippen LogP contribution is -2.62. The molecule has 4 aliphatic rings. The van der Waals surface area contributed by atoms with Gasteiger partial charge in [0.2, 0.25) is 0 Å². The molecule has 3 aliphatic heterocycles. The third-order valence-corrected chi connectivity index (χ3v) is 10.9. The van der Waals surface area contributed by atoms with Gasteiger partial charge in [-0.05, 0) is 45.8 Å². The van der Waals surface area contributed by atoms with Gasteiger partial charge in [0.1, 0.15) is 11.4 Å². The Morgan fingerprint density at radius 3 is 2.43 bits per heavy atom. The first-order valence-electron chi connectivity index (χ1n) is 16.0. The lowest BCUT2D eigenvalue weighted by atomic mass is 9.81. The molecule has 230 valence electrons. The van der Waals surface area contributed by atoms with Crippen molar-refractivity contribution in [2.24, 2.45) is 0 Å². The second kappa shape index (κ2) is 12.6. The predicted octanol–water partition coefficient (Wildman–Crippen LogP) is 4.58. The van der Waals surface area contributed by atoms with Crippen molar-refractivity contribution in [3.05, 3.63) is 24.0 Å². The molecule has 1 atom stereocenters. The number of aromatic nitrogens is 3. The van der Waals surface area contributed by atoms with Gasteiger partial charge in [0.15, 0.2) is 5.82 Å². The van der Waals surface area contributed by atoms with E-state index >= 15 is 0 Å². The van der Waals surface area contributed by atoms with Crippen molar-refractivity contribution < 1.29 is 4.79 Å². The highest BCUT2D eigenvalue weighted by Crippen LogP contribution is 2.44. The van der Waals surface area contributed by atoms with Crippen molar-refractivity contribution in [2.45, 2.75) is 93.6 Å². The fourth-order valence-corrected chi connectivity index (χ4v) is 7.97. The molecule has 1 saturated carbocycles. The van der Waals surface area contributed by atoms with Crippen LogP contribution in [-0.4, -0.2) is 94.8 Å². The summed E-state index contributed by atoms with van der Waals surface area (Å²) in [6.07, 6.45) is 16.1. The number of rotatable bonds is 5. The van der Waals surface area contributed by atoms with Gasteiger partial charge in [-0.3, -0.25) is 14.7 Å². The Bertz CT molecular complexity index is 1220. The summed E-state index contributed by atoms with van der Waals surface area (Å²) in [4.78, 5) is 25.5. The molecule has 1 amide bonds. The number of likely N-dealkylation sites (tertiary alicyclic amines) is 1. The molecule has 1 spiro atoms. The molecule has 2 aromatic heterocycles. The SMILES string of the molecule is CN(C)C1CN(C2CCN(c3ccncc3NC(=O)c3c(N)nn4c3NCC(Cl)C43CCCCCCCCC3)CC2)C1. The second-order valence-corrected chi connectivity index (χ2v) is 13.6. The monoisotopic (exact) mass is 597 g/mol. The van der Waals surface area contributed by atoms with Gasteiger partial charge in [0.05, 0.1) is 28.5 Å². The first-order valence-corrected chi connectivity index (χ1v) is 16.5. The fourth-order valence-electron chi connectivity index (χ4n) is 7.58. The fraction of sp³-hybridized carbons (Fsp3) is 0.710. The number of likely N-dealkylation sites (N-methyl/N-ethyl adjacent to an activating group) is 1. The molecule has 5 heterocycles. The summed E-state index contributed by atoms with van der Waals surface area (Å²) in [7, 11) is 4.33. The number of pyridine rings is 1. The van der Waals surface area contributed by atoms with Gasteiger partial charge in [-0.1, -0.05) is 44.9 Å². The van der Waals surface area contributed by atoms with E-state index in [0.29, 0.717) is 35.7 Å². The van der Waals surface area contributed by atoms with Crippen molar-refractivity contribution in [2.75, 3.05) is 68.1 Å². The number of nitrogens with zero attached hydrogens (tertiary/aromatic N) is 6. The molecular formula is C31H48ClN9O. The number of piperidine rings is 1. The number of anilines is 4. The minimum Gasteiger partial charge on any atom is -0.381 e. The number of alkyl halides is 1. The van der Waals surface area contributed by atoms with Crippen molar-refractivity contribution in [3.8, 4) is 0 Å². The van der Waals surface area contributed by atoms with Crippen LogP contribution in [0.3, 0.4) is 0 Å². The zero-order chi connectivity index (χ0) is 29.3. The standard InChI is InChI=1S/C31H48ClN9O/c1-38(2)23-20-40(21-23)22-11-16-39(17-12-22)25-10-15-34-18-24(25)36-30(42)27-28(33)37-41-29(27)35-19-26(32)31(41)13-8-6-4-3-5-7-9-14-31/h10,15,18,22-23,26,35H,3-9,11-14,16-17,19-21H2,1-2H3,(H2,33,37)(H,36,42). The van der Waals surface area contributed by atoms with Crippen LogP contribution < -0.4 is 21.3 Å². The third-order valence-electron chi connectivity index (χ3n) is 10.3. The molecule has 4 N–H and O–H groups in total. The number of carbonyl (C=O) groups is 1. The van der Waals surface area contributed by atoms with Gasteiger partial charge in [-0.15, -0.1) is 11.6 Å². The lowest BCUT2D eigenvalue weighted by Gasteiger charge is -2.49. The molecule has 1 unspecified atom stereocenters. The molecule has 6 rings (SSSR count). The Kier molecular flexibility index (Phi) is 8.84. The summed E-state index contributed by atoms with van der Waals surface area (Å²) < 4.78 is 1.98. The molecule has 2 aromatic rings. The zero-order valence-electron chi connectivity index (χ0n) is 25.3. The van der Waals surface area contributed by atoms with Gasteiger partial charge in [-0.25, -0.2) is 4.68 Å². The lowest BCUT2D eigenvalue weighted by molar-refractivity contribution is 0.0188. The van der Waals surface area contributed by atoms with E-state index in [9.17, 15) is 4.79 Å². The molecule has 2 saturated heterocycles. The number of nitrogen functional groups attached to an aromatic ring is 1. The van der Waals surface area contributed by atoms with Gasteiger partial charge in [0, 0.05) is 51.0 Å². The highest BCUT2D eigenvalue weighted by atomic mass is 35.5. The number of hydrogen-bond acceptors (Lipinski definition) is 8. The Labute approximate surface area is 255 Å². The van der Waals surface area contributed by atoms with Crippen LogP contribution >= 0.6 is 11.6 Å². The van der Waals surface area contributed by atoms with Crippen LogP contribution in [0.5, 0.6) is 0 Å². The highest BCUT2D eigenvalue weighted by molar-refractivity contribution is 6.22. The van der Waals surface area contributed by atoms with Gasteiger partial charge >= 0.3 is 0 Å². The molecule has 3 fully saturated rings. The number of amides is 1. The second-order valence-electron chi connectivity index (χ2n) is 13.1. The Balaban J connectivity index is 1.18. The van der Waals surface area contributed by atoms with Crippen molar-refractivity contribution in [1.29, 1.82) is 0 Å². The van der Waals surface area contributed by atoms with Crippen molar-refractivity contribution >= 4 is 40.5 Å². The van der Waals surface area contributed by atoms with E-state index in [0.717, 1.165) is 70.4 Å². The topological polar surface area (TPSA) is 108 Å². The Morgan fingerprint density at radius 2 is 1.76 bits per heavy atom. The summed E-state index contributed by atoms with van der Waals surface area (Å²) >= 11 is 7.06. The van der Waals surface area contributed by atoms with E-state index in [1.807, 2.05) is 10.7 Å². The zero-order valence-corrected chi connectivity index (χ0v) is 26.1. The smallest absolute Gasteiger partial charge is 0.263 e. The van der Waals surface area contributed by atoms with Crippen LogP contribution in [0.1, 0.15) is 81.0 Å². The van der Waals surface area contributed by atoms with E-state index in [-0.39, 0.29) is 22.6 Å². The number of fused-ring (bicyclic) bond motifs is 2. The van der Waals surface area contributed by atoms with Gasteiger partial charge < -0.3 is 26.2 Å². The highest BCUT2D eigenvalue weighted by Gasteiger charge is 2.46. The van der Waals surface area contributed by atoms with E-state index < -0.39 is 0 Å². The van der Waals surface area contributed by atoms with Gasteiger partial charge in [0.25, 0.3) is 5.91 Å². The number of nitrogens with one attached hydrogen (secondary N) is 2. The molecule has 1 aliphatic carbocycles. The van der Waals surface area contributed by atoms with Crippen molar-refractivity contribution in [1.82, 2.24) is 24.6 Å². The maximum Gasteiger partial charge on any atom is 0.263 e. The minimum absolute atomic E-state index is 0.113. The molecule has 11 heteroatoms. The average molecular weight is 598 g/mol. The quantitative estimate of drug-likeness (QED) is 0.430. The van der Waals surface area contributed by atoms with Crippen LogP contribution in [0.2, 0.25) is 0 Å². The summed E-state index contributed by atoms with van der Waals surface area (Å²) in [6.45, 7) is 4.81. The first-order chi connectivity index (χ1) is 20.4. The molecule has 0 bridgehead atoms. The summed E-state index contributed by atoms with van der Waals surface area (Å²) in [6, 6.07) is 3.30. The Morgan fingerprint density at radius 1 is 1.10 bits per heavy atom. The summed E-state index contributed by atoms with van der Waals surface area (Å²) in [5.41, 5.74) is 8.27. The maximum atomic E-state index is 13.9. The molecular weight excluding hydrogens is 550 g/mol. The number of halogens is 1. The summed E-state index contributed by atoms with van der Waals surface area (Å²) in [5, 5.41) is 11.2. The average Bonchev–Trinajstić information content (AvgIpc) is 3.31. The third kappa shape index (κ3) is 5.69. The molecule has 0 aromatic carbocycles. The van der Waals surface area contributed by atoms with Crippen LogP contribution in [-0.2, 0) is 5.54 Å². The Hall–Kier alpha value is -2.56. The van der Waals surface area contributed by atoms with Crippen molar-refractivity contribution in [3.63, 3.8) is 0 Å². The maximum absolute atomic E-state index is 13.9. The number of hydrogen-bond donors (Lipinski definition) is 3. The number of carbonyl (C=O) groups excluding carboxylic acids is 1. The molecule has 10 nitrogen and oxygen atoms in total. The summed E-state index contributed by atoms with van der Waals surface area (Å²) in [5.74, 6) is 0.675. The van der Waals surface area contributed by atoms with E-state index in [1.165, 1.54) is 32.1 Å². The van der Waals surface area contributed by atoms with Crippen LogP contribution in [0.4, 0.5) is 23.0 Å². The predicted molar refractivity (Wildman–Crippen MR) is 171 cm³/mol. The van der Waals surface area contributed by atoms with Crippen LogP contribution in [0, 0.1) is 0 Å². The van der Waals surface area contributed by atoms with Gasteiger partial charge in [-0.2, -0.15) is 5.10 Å². The van der Waals surface area contributed by atoms with E-state index in [4.69, 9.17) is 22.4 Å². The largest absolute Gasteiger partial charge is 0.381 e. The normalized spacial score (nSPS) is 24.2. The van der Waals surface area contributed by atoms with E-state index in [2.05, 4.69) is 44.4 Å². The number of nitrogens with two attached hydrogens (primary N) is 1. The van der Waals surface area contributed by atoms with Crippen LogP contribution in [0.25, 0.3) is 0 Å². The van der Waals surface area contributed by atoms with Crippen LogP contribution in [0.15, 0.2) is 18.5 Å². The first kappa shape index (κ1) is 29.5. The van der Waals surface area contributed by atoms with E-state index in [1.54, 1.807) is 12.4 Å².